The molecule has 0 fully saturated rings. The van der Waals surface area contributed by atoms with Crippen molar-refractivity contribution in [2.45, 2.75) is 6.18 Å². The molecule has 0 saturated carbocycles. The van der Waals surface area contributed by atoms with Crippen LogP contribution in [0.5, 0.6) is 0 Å². The summed E-state index contributed by atoms with van der Waals surface area (Å²) >= 11 is 5.75. The quantitative estimate of drug-likeness (QED) is 0.852. The zero-order chi connectivity index (χ0) is 17.1. The van der Waals surface area contributed by atoms with Crippen molar-refractivity contribution in [3.8, 4) is 0 Å². The van der Waals surface area contributed by atoms with Crippen LogP contribution in [0.25, 0.3) is 6.08 Å². The zero-order valence-corrected chi connectivity index (χ0v) is 13.1. The Labute approximate surface area is 136 Å². The molecule has 8 heteroatoms. The summed E-state index contributed by atoms with van der Waals surface area (Å²) in [5.74, 6) is 0. The Morgan fingerprint density at radius 3 is 2.30 bits per heavy atom. The third-order valence-electron chi connectivity index (χ3n) is 2.79. The average molecular weight is 362 g/mol. The fraction of sp³-hybridized carbons (Fsp3) is 0.0667. The van der Waals surface area contributed by atoms with Crippen LogP contribution >= 0.6 is 11.6 Å². The molecular formula is C15H11ClF3NO2S. The third kappa shape index (κ3) is 5.01. The number of hydrogen-bond acceptors (Lipinski definition) is 2. The first kappa shape index (κ1) is 17.4. The van der Waals surface area contributed by atoms with E-state index in [1.54, 1.807) is 30.3 Å². The van der Waals surface area contributed by atoms with Gasteiger partial charge >= 0.3 is 6.18 Å². The maximum atomic E-state index is 12.7. The number of halogens is 4. The largest absolute Gasteiger partial charge is 0.416 e. The summed E-state index contributed by atoms with van der Waals surface area (Å²) in [6, 6.07) is 11.0. The highest BCUT2D eigenvalue weighted by molar-refractivity contribution is 7.95. The molecule has 0 radical (unpaired) electrons. The summed E-state index contributed by atoms with van der Waals surface area (Å²) in [4.78, 5) is 0. The van der Waals surface area contributed by atoms with Gasteiger partial charge in [-0.3, -0.25) is 4.72 Å². The minimum atomic E-state index is -4.59. The number of benzene rings is 2. The molecule has 2 aromatic rings. The van der Waals surface area contributed by atoms with E-state index in [0.717, 1.165) is 17.5 Å². The number of hydrogen-bond donors (Lipinski definition) is 1. The van der Waals surface area contributed by atoms with Gasteiger partial charge in [0.1, 0.15) is 0 Å². The molecule has 1 N–H and O–H groups in total. The summed E-state index contributed by atoms with van der Waals surface area (Å²) in [7, 11) is -4.00. The van der Waals surface area contributed by atoms with Gasteiger partial charge in [0.15, 0.2) is 0 Å². The summed E-state index contributed by atoms with van der Waals surface area (Å²) in [5, 5.41) is 0.730. The van der Waals surface area contributed by atoms with Crippen LogP contribution in [0.4, 0.5) is 18.9 Å². The first-order valence-corrected chi connectivity index (χ1v) is 8.22. The predicted octanol–water partition coefficient (Wildman–Crippen LogP) is 4.77. The summed E-state index contributed by atoms with van der Waals surface area (Å²) in [5.41, 5.74) is -0.696. The number of nitrogens with one attached hydrogen (secondary N) is 1. The van der Waals surface area contributed by atoms with E-state index in [4.69, 9.17) is 11.6 Å². The molecule has 0 saturated heterocycles. The highest BCUT2D eigenvalue weighted by Gasteiger charge is 2.31. The summed E-state index contributed by atoms with van der Waals surface area (Å²) in [6.45, 7) is 0. The molecule has 0 spiro atoms. The molecule has 0 unspecified atom stereocenters. The van der Waals surface area contributed by atoms with E-state index in [9.17, 15) is 21.6 Å². The van der Waals surface area contributed by atoms with Gasteiger partial charge in [-0.05, 0) is 29.8 Å². The van der Waals surface area contributed by atoms with Crippen molar-refractivity contribution >= 4 is 33.4 Å². The van der Waals surface area contributed by atoms with Gasteiger partial charge < -0.3 is 0 Å². The molecule has 0 aliphatic rings. The Kier molecular flexibility index (Phi) is 5.01. The average Bonchev–Trinajstić information content (AvgIpc) is 2.47. The maximum Gasteiger partial charge on any atom is 0.416 e. The number of anilines is 1. The maximum absolute atomic E-state index is 12.7. The van der Waals surface area contributed by atoms with Crippen molar-refractivity contribution in [1.82, 2.24) is 0 Å². The second kappa shape index (κ2) is 6.64. The molecule has 0 aliphatic carbocycles. The van der Waals surface area contributed by atoms with Crippen LogP contribution in [0.2, 0.25) is 5.02 Å². The first-order valence-electron chi connectivity index (χ1n) is 6.30. The van der Waals surface area contributed by atoms with Crippen molar-refractivity contribution in [1.29, 1.82) is 0 Å². The molecule has 2 rings (SSSR count). The second-order valence-electron chi connectivity index (χ2n) is 4.55. The minimum absolute atomic E-state index is 0.130. The monoisotopic (exact) mass is 361 g/mol. The topological polar surface area (TPSA) is 46.2 Å². The van der Waals surface area contributed by atoms with E-state index in [0.29, 0.717) is 11.6 Å². The molecule has 0 atom stereocenters. The van der Waals surface area contributed by atoms with Crippen LogP contribution in [-0.2, 0) is 16.2 Å². The molecule has 2 aromatic carbocycles. The molecule has 0 aliphatic heterocycles. The van der Waals surface area contributed by atoms with Crippen LogP contribution in [0, 0.1) is 0 Å². The zero-order valence-electron chi connectivity index (χ0n) is 11.5. The lowest BCUT2D eigenvalue weighted by atomic mass is 10.2. The van der Waals surface area contributed by atoms with Crippen molar-refractivity contribution in [3.63, 3.8) is 0 Å². The lowest BCUT2D eigenvalue weighted by Crippen LogP contribution is -2.11. The Balaban J connectivity index is 2.25. The van der Waals surface area contributed by atoms with Crippen LogP contribution in [0.1, 0.15) is 11.1 Å². The normalized spacial score (nSPS) is 12.5. The molecule has 0 bridgehead atoms. The van der Waals surface area contributed by atoms with Gasteiger partial charge in [-0.2, -0.15) is 13.2 Å². The van der Waals surface area contributed by atoms with Gasteiger partial charge in [-0.25, -0.2) is 8.42 Å². The van der Waals surface area contributed by atoms with Crippen LogP contribution in [0.3, 0.4) is 0 Å². The molecule has 0 amide bonds. The Morgan fingerprint density at radius 1 is 1.04 bits per heavy atom. The predicted molar refractivity (Wildman–Crippen MR) is 84.5 cm³/mol. The minimum Gasteiger partial charge on any atom is -0.279 e. The molecular weight excluding hydrogens is 351 g/mol. The smallest absolute Gasteiger partial charge is 0.279 e. The lowest BCUT2D eigenvalue weighted by molar-refractivity contribution is -0.137. The van der Waals surface area contributed by atoms with Gasteiger partial charge in [0, 0.05) is 0 Å². The first-order chi connectivity index (χ1) is 10.7. The number of alkyl halides is 3. The highest BCUT2D eigenvalue weighted by atomic mass is 35.5. The standard InChI is InChI=1S/C15H11ClF3NO2S/c16-13-7-6-12(15(17,18)19)10-14(13)20-23(21,22)9-8-11-4-2-1-3-5-11/h1-10,20H. The van der Waals surface area contributed by atoms with E-state index < -0.39 is 21.8 Å². The number of rotatable bonds is 4. The molecule has 23 heavy (non-hydrogen) atoms. The fourth-order valence-electron chi connectivity index (χ4n) is 1.70. The van der Waals surface area contributed by atoms with Gasteiger partial charge in [0.05, 0.1) is 21.7 Å². The fourth-order valence-corrected chi connectivity index (χ4v) is 2.80. The van der Waals surface area contributed by atoms with Gasteiger partial charge in [0.25, 0.3) is 10.0 Å². The van der Waals surface area contributed by atoms with Crippen molar-refractivity contribution in [3.05, 3.63) is 70.1 Å². The van der Waals surface area contributed by atoms with E-state index in [2.05, 4.69) is 0 Å². The Morgan fingerprint density at radius 2 is 1.70 bits per heavy atom. The number of sulfonamides is 1. The van der Waals surface area contributed by atoms with Crippen molar-refractivity contribution < 1.29 is 21.6 Å². The lowest BCUT2D eigenvalue weighted by Gasteiger charge is -2.11. The highest BCUT2D eigenvalue weighted by Crippen LogP contribution is 2.34. The Hall–Kier alpha value is -1.99. The van der Waals surface area contributed by atoms with Crippen LogP contribution < -0.4 is 4.72 Å². The van der Waals surface area contributed by atoms with Crippen LogP contribution in [-0.4, -0.2) is 8.42 Å². The van der Waals surface area contributed by atoms with E-state index in [-0.39, 0.29) is 10.7 Å². The second-order valence-corrected chi connectivity index (χ2v) is 6.53. The summed E-state index contributed by atoms with van der Waals surface area (Å²) in [6.07, 6.45) is -3.27. The summed E-state index contributed by atoms with van der Waals surface area (Å²) < 4.78 is 63.9. The Bertz CT molecular complexity index is 818. The third-order valence-corrected chi connectivity index (χ3v) is 4.11. The SMILES string of the molecule is O=S(=O)(C=Cc1ccccc1)Nc1cc(C(F)(F)F)ccc1Cl. The van der Waals surface area contributed by atoms with E-state index in [1.807, 2.05) is 4.72 Å². The molecule has 0 heterocycles. The molecule has 3 nitrogen and oxygen atoms in total. The van der Waals surface area contributed by atoms with E-state index in [1.165, 1.54) is 6.08 Å². The van der Waals surface area contributed by atoms with Gasteiger partial charge in [0.2, 0.25) is 0 Å². The van der Waals surface area contributed by atoms with Crippen molar-refractivity contribution in [2.24, 2.45) is 0 Å². The van der Waals surface area contributed by atoms with E-state index >= 15 is 0 Å². The van der Waals surface area contributed by atoms with Gasteiger partial charge in [-0.1, -0.05) is 41.9 Å². The van der Waals surface area contributed by atoms with Crippen LogP contribution in [0.15, 0.2) is 53.9 Å². The van der Waals surface area contributed by atoms with Crippen molar-refractivity contribution in [2.75, 3.05) is 4.72 Å². The molecule has 122 valence electrons. The molecule has 0 aromatic heterocycles. The van der Waals surface area contributed by atoms with Gasteiger partial charge in [-0.15, -0.1) is 0 Å².